The number of rotatable bonds is 5. The Morgan fingerprint density at radius 2 is 1.94 bits per heavy atom. The summed E-state index contributed by atoms with van der Waals surface area (Å²) in [6, 6.07) is 16.7. The number of carbonyl (C=O) groups excluding carboxylic acids is 1. The van der Waals surface area contributed by atoms with E-state index in [1.807, 2.05) is 37.3 Å². The minimum absolute atomic E-state index is 0.000196. The molecule has 5 nitrogen and oxygen atoms in total. The fourth-order valence-electron chi connectivity index (χ4n) is 3.96. The molecule has 0 amide bonds. The number of hydrogen-bond acceptors (Lipinski definition) is 5. The van der Waals surface area contributed by atoms with Gasteiger partial charge in [0.25, 0.3) is 0 Å². The first-order valence-electron chi connectivity index (χ1n) is 10.3. The van der Waals surface area contributed by atoms with Crippen LogP contribution in [0.2, 0.25) is 0 Å². The molecular formula is C25H23F2N3O2. The van der Waals surface area contributed by atoms with Crippen LogP contribution < -0.4 is 5.73 Å². The largest absolute Gasteiger partial charge is 0.386 e. The van der Waals surface area contributed by atoms with E-state index in [2.05, 4.69) is 9.98 Å². The Labute approximate surface area is 185 Å². The van der Waals surface area contributed by atoms with Gasteiger partial charge in [-0.05, 0) is 42.3 Å². The van der Waals surface area contributed by atoms with Crippen LogP contribution in [0.25, 0.3) is 0 Å². The zero-order valence-electron chi connectivity index (χ0n) is 17.6. The number of halogens is 2. The van der Waals surface area contributed by atoms with Gasteiger partial charge in [0.15, 0.2) is 5.78 Å². The van der Waals surface area contributed by atoms with Crippen LogP contribution in [0, 0.1) is 11.6 Å². The van der Waals surface area contributed by atoms with Crippen molar-refractivity contribution in [2.45, 2.75) is 31.4 Å². The van der Waals surface area contributed by atoms with Gasteiger partial charge in [0.2, 0.25) is 0 Å². The molecule has 1 aromatic heterocycles. The van der Waals surface area contributed by atoms with Gasteiger partial charge in [0.1, 0.15) is 29.8 Å². The summed E-state index contributed by atoms with van der Waals surface area (Å²) < 4.78 is 34.0. The van der Waals surface area contributed by atoms with Crippen molar-refractivity contribution in [2.75, 3.05) is 6.61 Å². The van der Waals surface area contributed by atoms with E-state index in [9.17, 15) is 9.18 Å². The molecule has 0 unspecified atom stereocenters. The Kier molecular flexibility index (Phi) is 6.10. The number of benzene rings is 2. The number of hydrogen-bond donors (Lipinski definition) is 1. The van der Waals surface area contributed by atoms with Gasteiger partial charge in [0, 0.05) is 18.4 Å². The number of nitrogens with two attached hydrogens (primary N) is 1. The molecule has 164 valence electrons. The Hall–Kier alpha value is -3.45. The summed E-state index contributed by atoms with van der Waals surface area (Å²) in [4.78, 5) is 21.0. The zero-order chi connectivity index (χ0) is 22.7. The molecule has 0 fully saturated rings. The normalized spacial score (nSPS) is 21.0. The first kappa shape index (κ1) is 21.8. The molecule has 3 aromatic rings. The molecule has 32 heavy (non-hydrogen) atoms. The van der Waals surface area contributed by atoms with Crippen LogP contribution in [0.5, 0.6) is 0 Å². The van der Waals surface area contributed by atoms with Crippen molar-refractivity contribution in [3.63, 3.8) is 0 Å². The maximum atomic E-state index is 15.0. The summed E-state index contributed by atoms with van der Waals surface area (Å²) in [6.07, 6.45) is 1.06. The second-order valence-corrected chi connectivity index (χ2v) is 8.07. The lowest BCUT2D eigenvalue weighted by Crippen LogP contribution is -2.26. The average molecular weight is 435 g/mol. The second-order valence-electron chi connectivity index (χ2n) is 8.07. The van der Waals surface area contributed by atoms with Crippen LogP contribution in [-0.2, 0) is 16.7 Å². The van der Waals surface area contributed by atoms with Crippen molar-refractivity contribution in [3.8, 4) is 0 Å². The summed E-state index contributed by atoms with van der Waals surface area (Å²) in [6.45, 7) is 1.96. The highest BCUT2D eigenvalue weighted by Gasteiger charge is 2.36. The molecule has 1 aliphatic rings. The maximum Gasteiger partial charge on any atom is 0.185 e. The molecule has 7 heteroatoms. The number of ether oxygens (including phenoxy) is 1. The quantitative estimate of drug-likeness (QED) is 0.598. The molecule has 2 atom stereocenters. The molecule has 2 heterocycles. The van der Waals surface area contributed by atoms with Gasteiger partial charge in [-0.1, -0.05) is 36.4 Å². The van der Waals surface area contributed by atoms with Gasteiger partial charge >= 0.3 is 0 Å². The number of ketones is 1. The van der Waals surface area contributed by atoms with E-state index in [-0.39, 0.29) is 36.4 Å². The summed E-state index contributed by atoms with van der Waals surface area (Å²) >= 11 is 0. The number of aromatic nitrogens is 1. The molecule has 0 saturated heterocycles. The molecule has 0 aliphatic carbocycles. The van der Waals surface area contributed by atoms with Crippen molar-refractivity contribution in [3.05, 3.63) is 101 Å². The van der Waals surface area contributed by atoms with E-state index in [4.69, 9.17) is 10.5 Å². The van der Waals surface area contributed by atoms with Crippen molar-refractivity contribution >= 4 is 11.6 Å². The van der Waals surface area contributed by atoms with Crippen molar-refractivity contribution in [1.82, 2.24) is 4.98 Å². The highest BCUT2D eigenvalue weighted by atomic mass is 19.1. The van der Waals surface area contributed by atoms with Gasteiger partial charge in [0.05, 0.1) is 17.8 Å². The Bertz CT molecular complexity index is 1150. The number of pyridine rings is 1. The lowest BCUT2D eigenvalue weighted by atomic mass is 9.83. The molecule has 0 bridgehead atoms. The van der Waals surface area contributed by atoms with Gasteiger partial charge in [-0.3, -0.25) is 14.8 Å². The summed E-state index contributed by atoms with van der Waals surface area (Å²) in [5.74, 6) is -0.962. The maximum absolute atomic E-state index is 15.0. The van der Waals surface area contributed by atoms with Crippen LogP contribution in [0.1, 0.15) is 46.6 Å². The predicted molar refractivity (Wildman–Crippen MR) is 117 cm³/mol. The molecule has 1 aliphatic heterocycles. The van der Waals surface area contributed by atoms with E-state index in [1.165, 1.54) is 18.2 Å². The topological polar surface area (TPSA) is 77.6 Å². The monoisotopic (exact) mass is 435 g/mol. The van der Waals surface area contributed by atoms with E-state index in [0.29, 0.717) is 17.5 Å². The highest BCUT2D eigenvalue weighted by molar-refractivity contribution is 5.95. The Balaban J connectivity index is 1.65. The second kappa shape index (κ2) is 8.96. The number of Topliss-reactive ketones (excluding diaryl/α,β-unsaturated/α-hetero) is 1. The molecule has 4 rings (SSSR count). The molecule has 2 N–H and O–H groups in total. The average Bonchev–Trinajstić information content (AvgIpc) is 2.94. The Morgan fingerprint density at radius 3 is 2.66 bits per heavy atom. The lowest BCUT2D eigenvalue weighted by molar-refractivity contribution is 0.0647. The number of nitrogens with zero attached hydrogens (tertiary/aromatic N) is 2. The van der Waals surface area contributed by atoms with Crippen molar-refractivity contribution in [1.29, 1.82) is 0 Å². The SMILES string of the molecule is C[C@@]1(c2cc(CC(=O)c3ccc(F)cn3)ccc2F)C[C@@H](c2ccccc2)OCC(N)=N1. The van der Waals surface area contributed by atoms with E-state index in [0.717, 1.165) is 11.8 Å². The molecule has 0 saturated carbocycles. The van der Waals surface area contributed by atoms with Crippen LogP contribution >= 0.6 is 0 Å². The van der Waals surface area contributed by atoms with Crippen LogP contribution in [-0.4, -0.2) is 23.2 Å². The fourth-order valence-corrected chi connectivity index (χ4v) is 3.96. The van der Waals surface area contributed by atoms with Crippen molar-refractivity contribution in [2.24, 2.45) is 10.7 Å². The molecule has 0 spiro atoms. The first-order chi connectivity index (χ1) is 15.3. The van der Waals surface area contributed by atoms with Gasteiger partial charge in [-0.25, -0.2) is 8.78 Å². The van der Waals surface area contributed by atoms with Gasteiger partial charge in [-0.2, -0.15) is 0 Å². The number of amidine groups is 1. The third-order valence-corrected chi connectivity index (χ3v) is 5.57. The third kappa shape index (κ3) is 4.73. The van der Waals surface area contributed by atoms with E-state index >= 15 is 4.39 Å². The standard InChI is InChI=1S/C25H23F2N3O2/c1-25(13-23(32-15-24(28)30-25)17-5-3-2-4-6-17)19-11-16(7-9-20(19)27)12-22(31)21-10-8-18(26)14-29-21/h2-11,14,23H,12-13,15H2,1H3,(H2,28,30)/t23-,25-/m0/s1. The zero-order valence-corrected chi connectivity index (χ0v) is 17.6. The van der Waals surface area contributed by atoms with Crippen LogP contribution in [0.3, 0.4) is 0 Å². The fraction of sp³-hybridized carbons (Fsp3) is 0.240. The molecule has 2 aromatic carbocycles. The smallest absolute Gasteiger partial charge is 0.185 e. The van der Waals surface area contributed by atoms with Crippen molar-refractivity contribution < 1.29 is 18.3 Å². The molecule has 0 radical (unpaired) electrons. The number of aliphatic imine (C=N–C) groups is 1. The molecular weight excluding hydrogens is 412 g/mol. The van der Waals surface area contributed by atoms with Gasteiger partial charge < -0.3 is 10.5 Å². The number of carbonyl (C=O) groups is 1. The van der Waals surface area contributed by atoms with Crippen LogP contribution in [0.15, 0.2) is 71.9 Å². The summed E-state index contributed by atoms with van der Waals surface area (Å²) in [7, 11) is 0. The van der Waals surface area contributed by atoms with Crippen LogP contribution in [0.4, 0.5) is 8.78 Å². The third-order valence-electron chi connectivity index (χ3n) is 5.57. The summed E-state index contributed by atoms with van der Waals surface area (Å²) in [5.41, 5.74) is 7.12. The van der Waals surface area contributed by atoms with E-state index in [1.54, 1.807) is 12.1 Å². The Morgan fingerprint density at radius 1 is 1.16 bits per heavy atom. The van der Waals surface area contributed by atoms with E-state index < -0.39 is 17.2 Å². The van der Waals surface area contributed by atoms with Gasteiger partial charge in [-0.15, -0.1) is 0 Å². The minimum atomic E-state index is -0.988. The minimum Gasteiger partial charge on any atom is -0.386 e. The predicted octanol–water partition coefficient (Wildman–Crippen LogP) is 4.52. The lowest BCUT2D eigenvalue weighted by Gasteiger charge is -2.29. The summed E-state index contributed by atoms with van der Waals surface area (Å²) in [5, 5.41) is 0. The first-order valence-corrected chi connectivity index (χ1v) is 10.3. The highest BCUT2D eigenvalue weighted by Crippen LogP contribution is 2.40.